The summed E-state index contributed by atoms with van der Waals surface area (Å²) in [6.45, 7) is 1.88. The average molecular weight is 283 g/mol. The molecule has 0 amide bonds. The zero-order valence-electron chi connectivity index (χ0n) is 12.6. The maximum absolute atomic E-state index is 6.29. The number of para-hydroxylation sites is 1. The molecule has 1 aromatic carbocycles. The summed E-state index contributed by atoms with van der Waals surface area (Å²) < 4.78 is 2.35. The van der Waals surface area contributed by atoms with Gasteiger partial charge >= 0.3 is 0 Å². The van der Waals surface area contributed by atoms with Crippen molar-refractivity contribution >= 4 is 5.69 Å². The van der Waals surface area contributed by atoms with Crippen LogP contribution in [0.4, 0.5) is 5.69 Å². The van der Waals surface area contributed by atoms with Crippen LogP contribution in [0.5, 0.6) is 0 Å². The fraction of sp³-hybridized carbons (Fsp3) is 0.412. The van der Waals surface area contributed by atoms with Crippen molar-refractivity contribution in [2.24, 2.45) is 0 Å². The Morgan fingerprint density at radius 1 is 1.19 bits per heavy atom. The van der Waals surface area contributed by atoms with Gasteiger partial charge in [0.1, 0.15) is 6.10 Å². The van der Waals surface area contributed by atoms with Crippen LogP contribution in [0.2, 0.25) is 0 Å². The van der Waals surface area contributed by atoms with Crippen LogP contribution in [0.3, 0.4) is 0 Å². The van der Waals surface area contributed by atoms with Crippen molar-refractivity contribution in [2.75, 3.05) is 25.7 Å². The highest BCUT2D eigenvalue weighted by Gasteiger charge is 2.38. The summed E-state index contributed by atoms with van der Waals surface area (Å²) in [6.07, 6.45) is 3.46. The van der Waals surface area contributed by atoms with Gasteiger partial charge in [-0.1, -0.05) is 18.2 Å². The summed E-state index contributed by atoms with van der Waals surface area (Å²) in [5.41, 5.74) is 3.89. The molecule has 2 aromatic rings. The van der Waals surface area contributed by atoms with Crippen molar-refractivity contribution in [1.82, 2.24) is 9.47 Å². The Morgan fingerprint density at radius 2 is 2.05 bits per heavy atom. The van der Waals surface area contributed by atoms with E-state index in [0.717, 1.165) is 19.5 Å². The predicted octanol–water partition coefficient (Wildman–Crippen LogP) is 2.66. The second kappa shape index (κ2) is 4.90. The van der Waals surface area contributed by atoms with E-state index >= 15 is 0 Å². The maximum Gasteiger partial charge on any atom is 0.101 e. The van der Waals surface area contributed by atoms with Gasteiger partial charge in [0.25, 0.3) is 0 Å². The smallest absolute Gasteiger partial charge is 0.101 e. The highest BCUT2D eigenvalue weighted by molar-refractivity contribution is 5.55. The third-order valence-electron chi connectivity index (χ3n) is 4.38. The van der Waals surface area contributed by atoms with Crippen molar-refractivity contribution in [3.8, 4) is 0 Å². The molecule has 3 heterocycles. The van der Waals surface area contributed by atoms with E-state index in [2.05, 4.69) is 71.2 Å². The molecule has 2 atom stereocenters. The van der Waals surface area contributed by atoms with E-state index in [4.69, 9.17) is 4.84 Å². The lowest BCUT2D eigenvalue weighted by Crippen LogP contribution is -2.27. The molecule has 0 spiro atoms. The number of benzene rings is 1. The first-order valence-corrected chi connectivity index (χ1v) is 7.56. The molecule has 1 fully saturated rings. The molecule has 0 N–H and O–H groups in total. The second-order valence-electron chi connectivity index (χ2n) is 6.26. The standard InChI is InChI=1S/C17H21N3O/c1-18(2)12-14-10-17-16-8-5-9-19(16)11-13-6-3-4-7-15(13)20(17)21-14/h3-9,14,17H,10-12H2,1-2H3/t14-,17-/m0/s1. The Kier molecular flexibility index (Phi) is 3.01. The molecule has 2 aliphatic rings. The number of aromatic nitrogens is 1. The summed E-state index contributed by atoms with van der Waals surface area (Å²) in [6, 6.07) is 13.3. The van der Waals surface area contributed by atoms with Gasteiger partial charge in [-0.05, 0) is 37.9 Å². The van der Waals surface area contributed by atoms with Crippen LogP contribution in [0.15, 0.2) is 42.6 Å². The highest BCUT2D eigenvalue weighted by atomic mass is 16.7. The monoisotopic (exact) mass is 283 g/mol. The predicted molar refractivity (Wildman–Crippen MR) is 83.2 cm³/mol. The molecule has 1 saturated heterocycles. The van der Waals surface area contributed by atoms with Crippen LogP contribution in [0.25, 0.3) is 0 Å². The summed E-state index contributed by atoms with van der Waals surface area (Å²) in [5.74, 6) is 0. The molecule has 1 aromatic heterocycles. The molecular formula is C17H21N3O. The molecular weight excluding hydrogens is 262 g/mol. The Hall–Kier alpha value is -1.78. The Bertz CT molecular complexity index is 649. The van der Waals surface area contributed by atoms with E-state index in [-0.39, 0.29) is 6.10 Å². The van der Waals surface area contributed by atoms with Gasteiger partial charge in [-0.2, -0.15) is 0 Å². The summed E-state index contributed by atoms with van der Waals surface area (Å²) in [5, 5.41) is 2.14. The molecule has 0 unspecified atom stereocenters. The number of hydrogen-bond donors (Lipinski definition) is 0. The highest BCUT2D eigenvalue weighted by Crippen LogP contribution is 2.42. The normalized spacial score (nSPS) is 23.7. The van der Waals surface area contributed by atoms with Crippen LogP contribution in [0, 0.1) is 0 Å². The number of nitrogens with zero attached hydrogens (tertiary/aromatic N) is 3. The van der Waals surface area contributed by atoms with Crippen LogP contribution < -0.4 is 5.06 Å². The van der Waals surface area contributed by atoms with Gasteiger partial charge in [-0.15, -0.1) is 0 Å². The molecule has 0 saturated carbocycles. The van der Waals surface area contributed by atoms with Crippen LogP contribution in [-0.4, -0.2) is 36.2 Å². The van der Waals surface area contributed by atoms with Gasteiger partial charge in [-0.3, -0.25) is 4.84 Å². The Balaban J connectivity index is 1.76. The Labute approximate surface area is 125 Å². The molecule has 4 heteroatoms. The molecule has 0 bridgehead atoms. The minimum Gasteiger partial charge on any atom is -0.345 e. The topological polar surface area (TPSA) is 20.6 Å². The molecule has 4 nitrogen and oxygen atoms in total. The summed E-state index contributed by atoms with van der Waals surface area (Å²) in [4.78, 5) is 8.48. The van der Waals surface area contributed by atoms with Gasteiger partial charge in [-0.25, -0.2) is 5.06 Å². The molecule has 110 valence electrons. The van der Waals surface area contributed by atoms with E-state index in [1.165, 1.54) is 16.9 Å². The van der Waals surface area contributed by atoms with Gasteiger partial charge in [0, 0.05) is 31.4 Å². The lowest BCUT2D eigenvalue weighted by atomic mass is 10.1. The van der Waals surface area contributed by atoms with Gasteiger partial charge in [0.15, 0.2) is 0 Å². The fourth-order valence-electron chi connectivity index (χ4n) is 3.52. The fourth-order valence-corrected chi connectivity index (χ4v) is 3.52. The van der Waals surface area contributed by atoms with Gasteiger partial charge in [0.05, 0.1) is 11.7 Å². The first kappa shape index (κ1) is 12.9. The largest absolute Gasteiger partial charge is 0.345 e. The second-order valence-corrected chi connectivity index (χ2v) is 6.26. The molecule has 0 radical (unpaired) electrons. The van der Waals surface area contributed by atoms with E-state index < -0.39 is 0 Å². The maximum atomic E-state index is 6.29. The quantitative estimate of drug-likeness (QED) is 0.845. The lowest BCUT2D eigenvalue weighted by Gasteiger charge is -2.24. The van der Waals surface area contributed by atoms with E-state index in [1.54, 1.807) is 0 Å². The first-order valence-electron chi connectivity index (χ1n) is 7.56. The van der Waals surface area contributed by atoms with Crippen molar-refractivity contribution in [3.63, 3.8) is 0 Å². The molecule has 2 aliphatic heterocycles. The van der Waals surface area contributed by atoms with Crippen molar-refractivity contribution in [2.45, 2.75) is 25.1 Å². The third-order valence-corrected chi connectivity index (χ3v) is 4.38. The van der Waals surface area contributed by atoms with Crippen LogP contribution >= 0.6 is 0 Å². The third kappa shape index (κ3) is 2.15. The van der Waals surface area contributed by atoms with E-state index in [0.29, 0.717) is 6.04 Å². The zero-order valence-corrected chi connectivity index (χ0v) is 12.6. The van der Waals surface area contributed by atoms with Gasteiger partial charge in [0.2, 0.25) is 0 Å². The number of anilines is 1. The Morgan fingerprint density at radius 3 is 2.90 bits per heavy atom. The number of hydroxylamine groups is 1. The average Bonchev–Trinajstić information content (AvgIpc) is 3.03. The number of rotatable bonds is 2. The van der Waals surface area contributed by atoms with Crippen LogP contribution in [-0.2, 0) is 11.4 Å². The minimum atomic E-state index is 0.250. The van der Waals surface area contributed by atoms with E-state index in [1.807, 2.05) is 0 Å². The molecule has 21 heavy (non-hydrogen) atoms. The minimum absolute atomic E-state index is 0.250. The van der Waals surface area contributed by atoms with Crippen molar-refractivity contribution in [1.29, 1.82) is 0 Å². The summed E-state index contributed by atoms with van der Waals surface area (Å²) >= 11 is 0. The summed E-state index contributed by atoms with van der Waals surface area (Å²) in [7, 11) is 4.20. The zero-order chi connectivity index (χ0) is 14.4. The number of fused-ring (bicyclic) bond motifs is 5. The number of hydrogen-bond acceptors (Lipinski definition) is 3. The van der Waals surface area contributed by atoms with Crippen molar-refractivity contribution in [3.05, 3.63) is 53.9 Å². The SMILES string of the molecule is CN(C)C[C@@H]1C[C@H]2c3cccn3Cc3ccccc3N2O1. The van der Waals surface area contributed by atoms with Crippen LogP contribution in [0.1, 0.15) is 23.7 Å². The van der Waals surface area contributed by atoms with E-state index in [9.17, 15) is 0 Å². The molecule has 0 aliphatic carbocycles. The molecule has 4 rings (SSSR count). The lowest BCUT2D eigenvalue weighted by molar-refractivity contribution is 0.0649. The van der Waals surface area contributed by atoms with Gasteiger partial charge < -0.3 is 9.47 Å². The number of likely N-dealkylation sites (N-methyl/N-ethyl adjacent to an activating group) is 1. The van der Waals surface area contributed by atoms with Crippen molar-refractivity contribution < 1.29 is 4.84 Å². The first-order chi connectivity index (χ1) is 10.2.